The van der Waals surface area contributed by atoms with Crippen LogP contribution in [0, 0.1) is 19.3 Å². The van der Waals surface area contributed by atoms with E-state index in [2.05, 4.69) is 20.4 Å². The number of halogens is 3. The number of aliphatic hydroxyl groups excluding tert-OH is 1. The lowest BCUT2D eigenvalue weighted by molar-refractivity contribution is -0.198. The fourth-order valence-electron chi connectivity index (χ4n) is 6.74. The molecular formula is C35H40F3N7O4. The molecule has 6 rings (SSSR count). The topological polar surface area (TPSA) is 141 Å². The monoisotopic (exact) mass is 679 g/mol. The number of rotatable bonds is 9. The standard InChI is InChI=1S/C35H40F3N7O4/c1-4-48-32(47)27-18-34(20-40-27)10-13-44(14-11-34)29-17-30(42-33(39)41-29)49-31(35(36,37)38)26-8-7-24(16-28(26)45-12-9-22(3)43-45)23-5-6-25(19-46)21(2)15-23/h5-9,12,15-17,27,31,40,46H,4,10-11,13-14,18-20H2,1-3H3,(H2,39,41,42)/t27-,31+/m0/s1. The third-order valence-corrected chi connectivity index (χ3v) is 9.45. The molecule has 2 saturated heterocycles. The fraction of sp³-hybridized carbons (Fsp3) is 0.429. The van der Waals surface area contributed by atoms with Crippen molar-refractivity contribution in [3.05, 3.63) is 77.1 Å². The molecule has 11 nitrogen and oxygen atoms in total. The van der Waals surface area contributed by atoms with Crippen molar-refractivity contribution in [2.24, 2.45) is 5.41 Å². The smallest absolute Gasteiger partial charge is 0.429 e. The van der Waals surface area contributed by atoms with Gasteiger partial charge in [-0.3, -0.25) is 4.79 Å². The molecule has 2 aliphatic rings. The summed E-state index contributed by atoms with van der Waals surface area (Å²) in [6.45, 7) is 7.43. The SMILES string of the molecule is CCOC(=O)[C@@H]1CC2(CCN(c3cc(O[C@H](c4ccc(-c5ccc(CO)c(C)c5)cc4-n4ccc(C)n4)C(F)(F)F)nc(N)n3)CC2)CN1. The van der Waals surface area contributed by atoms with Gasteiger partial charge in [-0.2, -0.15) is 28.2 Å². The number of hydrogen-bond donors (Lipinski definition) is 3. The average Bonchev–Trinajstić information content (AvgIpc) is 3.69. The fourth-order valence-corrected chi connectivity index (χ4v) is 6.74. The van der Waals surface area contributed by atoms with Gasteiger partial charge in [-0.15, -0.1) is 0 Å². The van der Waals surface area contributed by atoms with Crippen LogP contribution in [0.5, 0.6) is 5.88 Å². The van der Waals surface area contributed by atoms with Crippen LogP contribution >= 0.6 is 0 Å². The Bertz CT molecular complexity index is 1820. The molecule has 0 saturated carbocycles. The van der Waals surface area contributed by atoms with Crippen LogP contribution in [0.15, 0.2) is 54.7 Å². The number of aliphatic hydroxyl groups is 1. The number of esters is 1. The summed E-state index contributed by atoms with van der Waals surface area (Å²) in [4.78, 5) is 22.6. The maximum atomic E-state index is 14.9. The molecule has 0 radical (unpaired) electrons. The predicted molar refractivity (Wildman–Crippen MR) is 177 cm³/mol. The Morgan fingerprint density at radius 1 is 1.10 bits per heavy atom. The zero-order valence-corrected chi connectivity index (χ0v) is 27.6. The van der Waals surface area contributed by atoms with Crippen LogP contribution in [0.4, 0.5) is 24.9 Å². The number of aromatic nitrogens is 4. The van der Waals surface area contributed by atoms with Crippen molar-refractivity contribution in [3.8, 4) is 22.7 Å². The first-order valence-corrected chi connectivity index (χ1v) is 16.3. The van der Waals surface area contributed by atoms with E-state index < -0.39 is 12.3 Å². The lowest BCUT2D eigenvalue weighted by Gasteiger charge is -2.39. The third-order valence-electron chi connectivity index (χ3n) is 9.45. The summed E-state index contributed by atoms with van der Waals surface area (Å²) in [7, 11) is 0. The maximum absolute atomic E-state index is 14.9. The molecule has 2 aliphatic heterocycles. The van der Waals surface area contributed by atoms with E-state index in [4.69, 9.17) is 15.2 Å². The van der Waals surface area contributed by atoms with Crippen LogP contribution in [0.25, 0.3) is 16.8 Å². The van der Waals surface area contributed by atoms with Crippen molar-refractivity contribution < 1.29 is 32.5 Å². The van der Waals surface area contributed by atoms with E-state index in [1.807, 2.05) is 24.0 Å². The molecule has 2 fully saturated rings. The minimum absolute atomic E-state index is 0.0831. The Hall–Kier alpha value is -4.69. The molecular weight excluding hydrogens is 639 g/mol. The average molecular weight is 680 g/mol. The van der Waals surface area contributed by atoms with Crippen molar-refractivity contribution in [2.45, 2.75) is 65.0 Å². The van der Waals surface area contributed by atoms with Crippen LogP contribution in [0.3, 0.4) is 0 Å². The van der Waals surface area contributed by atoms with Crippen molar-refractivity contribution in [2.75, 3.05) is 36.9 Å². The number of ether oxygens (including phenoxy) is 2. The van der Waals surface area contributed by atoms with Gasteiger partial charge in [0.15, 0.2) is 0 Å². The van der Waals surface area contributed by atoms with Gasteiger partial charge < -0.3 is 30.5 Å². The van der Waals surface area contributed by atoms with Crippen molar-refractivity contribution >= 4 is 17.7 Å². The quantitative estimate of drug-likeness (QED) is 0.202. The Labute approximate surface area is 282 Å². The van der Waals surface area contributed by atoms with Gasteiger partial charge in [-0.1, -0.05) is 30.3 Å². The highest BCUT2D eigenvalue weighted by atomic mass is 19.4. The molecule has 0 unspecified atom stereocenters. The lowest BCUT2D eigenvalue weighted by Crippen LogP contribution is -2.41. The number of nitrogens with zero attached hydrogens (tertiary/aromatic N) is 5. The number of nitrogens with one attached hydrogen (secondary N) is 1. The maximum Gasteiger partial charge on any atom is 0.429 e. The third kappa shape index (κ3) is 7.35. The van der Waals surface area contributed by atoms with Gasteiger partial charge in [0.1, 0.15) is 11.9 Å². The molecule has 0 bridgehead atoms. The highest BCUT2D eigenvalue weighted by Crippen LogP contribution is 2.43. The zero-order chi connectivity index (χ0) is 34.9. The Balaban J connectivity index is 1.28. The first-order valence-electron chi connectivity index (χ1n) is 16.3. The molecule has 260 valence electrons. The molecule has 2 atom stereocenters. The second-order valence-corrected chi connectivity index (χ2v) is 12.8. The number of aryl methyl sites for hydroxylation is 2. The van der Waals surface area contributed by atoms with Crippen LogP contribution in [0.2, 0.25) is 0 Å². The lowest BCUT2D eigenvalue weighted by atomic mass is 9.76. The summed E-state index contributed by atoms with van der Waals surface area (Å²) in [5.74, 6) is -0.402. The van der Waals surface area contributed by atoms with E-state index in [1.54, 1.807) is 44.3 Å². The van der Waals surface area contributed by atoms with Crippen LogP contribution in [-0.4, -0.2) is 69.3 Å². The van der Waals surface area contributed by atoms with Crippen molar-refractivity contribution in [1.29, 1.82) is 0 Å². The summed E-state index contributed by atoms with van der Waals surface area (Å²) in [6, 6.07) is 12.9. The zero-order valence-electron chi connectivity index (χ0n) is 27.6. The number of benzene rings is 2. The number of nitrogens with two attached hydrogens (primary N) is 1. The molecule has 0 aliphatic carbocycles. The van der Waals surface area contributed by atoms with E-state index in [1.165, 1.54) is 16.8 Å². The summed E-state index contributed by atoms with van der Waals surface area (Å²) in [5.41, 5.74) is 9.67. The molecule has 4 aromatic rings. The van der Waals surface area contributed by atoms with Crippen molar-refractivity contribution in [1.82, 2.24) is 25.1 Å². The van der Waals surface area contributed by atoms with Crippen LogP contribution < -0.4 is 20.7 Å². The number of anilines is 2. The minimum Gasteiger partial charge on any atom is -0.465 e. The number of piperidine rings is 1. The summed E-state index contributed by atoms with van der Waals surface area (Å²) < 4.78 is 57.0. The van der Waals surface area contributed by atoms with Crippen LogP contribution in [-0.2, 0) is 16.1 Å². The molecule has 49 heavy (non-hydrogen) atoms. The second kappa shape index (κ2) is 13.7. The number of alkyl halides is 3. The van der Waals surface area contributed by atoms with Gasteiger partial charge in [0.2, 0.25) is 17.9 Å². The van der Waals surface area contributed by atoms with Gasteiger partial charge >= 0.3 is 12.1 Å². The van der Waals surface area contributed by atoms with E-state index in [9.17, 15) is 23.1 Å². The minimum atomic E-state index is -4.83. The van der Waals surface area contributed by atoms with Gasteiger partial charge in [0.05, 0.1) is 24.6 Å². The number of nitrogen functional groups attached to an aromatic ring is 1. The number of carbonyl (C=O) groups is 1. The van der Waals surface area contributed by atoms with E-state index in [0.717, 1.165) is 29.5 Å². The summed E-state index contributed by atoms with van der Waals surface area (Å²) >= 11 is 0. The molecule has 1 spiro atoms. The van der Waals surface area contributed by atoms with Gasteiger partial charge in [0.25, 0.3) is 0 Å². The Morgan fingerprint density at radius 2 is 1.84 bits per heavy atom. The van der Waals surface area contributed by atoms with Gasteiger partial charge in [-0.25, -0.2) is 4.68 Å². The number of carbonyl (C=O) groups excluding carboxylic acids is 1. The predicted octanol–water partition coefficient (Wildman–Crippen LogP) is 5.21. The normalized spacial score (nSPS) is 18.1. The molecule has 2 aromatic carbocycles. The highest BCUT2D eigenvalue weighted by molar-refractivity contribution is 5.76. The summed E-state index contributed by atoms with van der Waals surface area (Å²) in [5, 5.41) is 17.3. The van der Waals surface area contributed by atoms with Gasteiger partial charge in [0, 0.05) is 37.5 Å². The first-order chi connectivity index (χ1) is 23.4. The van der Waals surface area contributed by atoms with E-state index in [-0.39, 0.29) is 47.1 Å². The number of hydrogen-bond acceptors (Lipinski definition) is 10. The highest BCUT2D eigenvalue weighted by Gasteiger charge is 2.46. The second-order valence-electron chi connectivity index (χ2n) is 12.8. The van der Waals surface area contributed by atoms with E-state index in [0.29, 0.717) is 49.7 Å². The Morgan fingerprint density at radius 3 is 2.49 bits per heavy atom. The molecule has 2 aromatic heterocycles. The Kier molecular flexibility index (Phi) is 9.54. The van der Waals surface area contributed by atoms with Crippen LogP contribution in [0.1, 0.15) is 54.7 Å². The molecule has 14 heteroatoms. The van der Waals surface area contributed by atoms with Crippen molar-refractivity contribution in [3.63, 3.8) is 0 Å². The van der Waals surface area contributed by atoms with E-state index >= 15 is 0 Å². The molecule has 4 N–H and O–H groups in total. The molecule has 4 heterocycles. The largest absolute Gasteiger partial charge is 0.465 e. The summed E-state index contributed by atoms with van der Waals surface area (Å²) in [6.07, 6.45) is -3.47. The molecule has 0 amide bonds. The first kappa shape index (κ1) is 34.2. The van der Waals surface area contributed by atoms with Gasteiger partial charge in [-0.05, 0) is 79.8 Å².